The van der Waals surface area contributed by atoms with Crippen LogP contribution in [0.15, 0.2) is 30.9 Å². The Morgan fingerprint density at radius 1 is 1.40 bits per heavy atom. The van der Waals surface area contributed by atoms with E-state index in [1.54, 1.807) is 19.6 Å². The van der Waals surface area contributed by atoms with Gasteiger partial charge in [-0.2, -0.15) is 0 Å². The summed E-state index contributed by atoms with van der Waals surface area (Å²) >= 11 is 0. The molecule has 15 heavy (non-hydrogen) atoms. The van der Waals surface area contributed by atoms with Crippen molar-refractivity contribution in [2.75, 3.05) is 12.8 Å². The number of nitrogens with two attached hydrogens (primary N) is 1. The Labute approximate surface area is 88.3 Å². The Morgan fingerprint density at radius 2 is 2.20 bits per heavy atom. The highest BCUT2D eigenvalue weighted by atomic mass is 16.5. The van der Waals surface area contributed by atoms with E-state index in [0.29, 0.717) is 0 Å². The first-order chi connectivity index (χ1) is 7.22. The van der Waals surface area contributed by atoms with Crippen LogP contribution in [-0.2, 0) is 0 Å². The zero-order valence-electron chi connectivity index (χ0n) is 8.77. The minimum absolute atomic E-state index is 0.732. The monoisotopic (exact) mass is 203 g/mol. The van der Waals surface area contributed by atoms with Crippen molar-refractivity contribution < 1.29 is 4.74 Å². The van der Waals surface area contributed by atoms with E-state index < -0.39 is 0 Å². The Kier molecular flexibility index (Phi) is 2.33. The SMILES string of the molecule is COc1cc(N)c(C)cc1-n1ccnc1. The third-order valence-corrected chi connectivity index (χ3v) is 2.35. The van der Waals surface area contributed by atoms with E-state index in [1.807, 2.05) is 29.8 Å². The largest absolute Gasteiger partial charge is 0.494 e. The number of nitrogens with zero attached hydrogens (tertiary/aromatic N) is 2. The number of methoxy groups -OCH3 is 1. The maximum Gasteiger partial charge on any atom is 0.144 e. The topological polar surface area (TPSA) is 53.1 Å². The lowest BCUT2D eigenvalue weighted by Crippen LogP contribution is -1.99. The van der Waals surface area contributed by atoms with Gasteiger partial charge in [-0.3, -0.25) is 0 Å². The molecule has 0 saturated heterocycles. The van der Waals surface area contributed by atoms with E-state index >= 15 is 0 Å². The lowest BCUT2D eigenvalue weighted by Gasteiger charge is -2.11. The zero-order valence-corrected chi connectivity index (χ0v) is 8.77. The quantitative estimate of drug-likeness (QED) is 0.757. The molecular formula is C11H13N3O. The molecule has 2 rings (SSSR count). The Morgan fingerprint density at radius 3 is 2.80 bits per heavy atom. The van der Waals surface area contributed by atoms with Crippen LogP contribution in [-0.4, -0.2) is 16.7 Å². The summed E-state index contributed by atoms with van der Waals surface area (Å²) < 4.78 is 7.17. The minimum atomic E-state index is 0.732. The van der Waals surface area contributed by atoms with Crippen molar-refractivity contribution in [3.8, 4) is 11.4 Å². The van der Waals surface area contributed by atoms with Crippen LogP contribution in [0.2, 0.25) is 0 Å². The van der Waals surface area contributed by atoms with E-state index in [9.17, 15) is 0 Å². The van der Waals surface area contributed by atoms with Gasteiger partial charge in [0.05, 0.1) is 19.1 Å². The molecule has 1 heterocycles. The summed E-state index contributed by atoms with van der Waals surface area (Å²) in [5.74, 6) is 0.746. The lowest BCUT2D eigenvalue weighted by atomic mass is 10.1. The van der Waals surface area contributed by atoms with Gasteiger partial charge in [-0.15, -0.1) is 0 Å². The number of aromatic nitrogens is 2. The molecule has 1 aromatic heterocycles. The molecule has 4 nitrogen and oxygen atoms in total. The normalized spacial score (nSPS) is 10.3. The van der Waals surface area contributed by atoms with Gasteiger partial charge in [-0.1, -0.05) is 0 Å². The zero-order chi connectivity index (χ0) is 10.8. The van der Waals surface area contributed by atoms with Crippen molar-refractivity contribution in [3.63, 3.8) is 0 Å². The molecule has 1 aromatic carbocycles. The summed E-state index contributed by atoms with van der Waals surface area (Å²) in [5, 5.41) is 0. The summed E-state index contributed by atoms with van der Waals surface area (Å²) in [6.07, 6.45) is 5.33. The molecule has 0 spiro atoms. The molecule has 0 bridgehead atoms. The number of nitrogen functional groups attached to an aromatic ring is 1. The van der Waals surface area contributed by atoms with Gasteiger partial charge >= 0.3 is 0 Å². The fourth-order valence-corrected chi connectivity index (χ4v) is 1.46. The summed E-state index contributed by atoms with van der Waals surface area (Å²) in [4.78, 5) is 4.00. The van der Waals surface area contributed by atoms with Gasteiger partial charge in [0.15, 0.2) is 0 Å². The predicted molar refractivity (Wildman–Crippen MR) is 59.3 cm³/mol. The lowest BCUT2D eigenvalue weighted by molar-refractivity contribution is 0.413. The summed E-state index contributed by atoms with van der Waals surface area (Å²) in [6, 6.07) is 3.81. The fraction of sp³-hybridized carbons (Fsp3) is 0.182. The van der Waals surface area contributed by atoms with Crippen molar-refractivity contribution in [1.29, 1.82) is 0 Å². The molecule has 0 aliphatic heterocycles. The first-order valence-corrected chi connectivity index (χ1v) is 4.65. The smallest absolute Gasteiger partial charge is 0.144 e. The van der Waals surface area contributed by atoms with E-state index in [2.05, 4.69) is 4.98 Å². The number of anilines is 1. The van der Waals surface area contributed by atoms with Crippen LogP contribution in [0, 0.1) is 6.92 Å². The van der Waals surface area contributed by atoms with Gasteiger partial charge in [0, 0.05) is 24.1 Å². The van der Waals surface area contributed by atoms with Crippen molar-refractivity contribution in [2.24, 2.45) is 0 Å². The fourth-order valence-electron chi connectivity index (χ4n) is 1.46. The third-order valence-electron chi connectivity index (χ3n) is 2.35. The number of hydrogen-bond donors (Lipinski definition) is 1. The maximum atomic E-state index is 5.81. The predicted octanol–water partition coefficient (Wildman–Crippen LogP) is 1.77. The van der Waals surface area contributed by atoms with Crippen LogP contribution in [0.4, 0.5) is 5.69 Å². The van der Waals surface area contributed by atoms with Crippen LogP contribution in [0.1, 0.15) is 5.56 Å². The van der Waals surface area contributed by atoms with Gasteiger partial charge in [0.25, 0.3) is 0 Å². The first-order valence-electron chi connectivity index (χ1n) is 4.65. The van der Waals surface area contributed by atoms with E-state index in [1.165, 1.54) is 0 Å². The molecule has 0 unspecified atom stereocenters. The summed E-state index contributed by atoms with van der Waals surface area (Å²) in [7, 11) is 1.63. The molecule has 0 fully saturated rings. The van der Waals surface area contributed by atoms with Crippen molar-refractivity contribution in [2.45, 2.75) is 6.92 Å². The number of benzene rings is 1. The van der Waals surface area contributed by atoms with Crippen LogP contribution >= 0.6 is 0 Å². The van der Waals surface area contributed by atoms with Gasteiger partial charge in [-0.05, 0) is 18.6 Å². The van der Waals surface area contributed by atoms with Crippen molar-refractivity contribution >= 4 is 5.69 Å². The average Bonchev–Trinajstić information content (AvgIpc) is 2.74. The second-order valence-electron chi connectivity index (χ2n) is 3.35. The highest BCUT2D eigenvalue weighted by Gasteiger charge is 2.07. The number of imidazole rings is 1. The van der Waals surface area contributed by atoms with Gasteiger partial charge in [-0.25, -0.2) is 4.98 Å². The molecule has 0 amide bonds. The molecule has 0 aliphatic carbocycles. The molecule has 0 atom stereocenters. The molecule has 4 heteroatoms. The number of rotatable bonds is 2. The standard InChI is InChI=1S/C11H13N3O/c1-8-5-10(14-4-3-13-7-14)11(15-2)6-9(8)12/h3-7H,12H2,1-2H3. The molecule has 0 radical (unpaired) electrons. The second kappa shape index (κ2) is 3.65. The third kappa shape index (κ3) is 1.66. The molecule has 0 saturated carbocycles. The van der Waals surface area contributed by atoms with Crippen LogP contribution in [0.25, 0.3) is 5.69 Å². The summed E-state index contributed by atoms with van der Waals surface area (Å²) in [5.41, 5.74) is 8.52. The van der Waals surface area contributed by atoms with E-state index in [0.717, 1.165) is 22.7 Å². The Balaban J connectivity index is 2.60. The average molecular weight is 203 g/mol. The van der Waals surface area contributed by atoms with E-state index in [-0.39, 0.29) is 0 Å². The number of ether oxygens (including phenoxy) is 1. The number of aryl methyl sites for hydroxylation is 1. The van der Waals surface area contributed by atoms with Crippen LogP contribution in [0.3, 0.4) is 0 Å². The Hall–Kier alpha value is -1.97. The van der Waals surface area contributed by atoms with Crippen LogP contribution < -0.4 is 10.5 Å². The van der Waals surface area contributed by atoms with E-state index in [4.69, 9.17) is 10.5 Å². The highest BCUT2D eigenvalue weighted by molar-refractivity contribution is 5.60. The number of hydrogen-bond acceptors (Lipinski definition) is 3. The van der Waals surface area contributed by atoms with Gasteiger partial charge in [0.1, 0.15) is 5.75 Å². The maximum absolute atomic E-state index is 5.81. The molecule has 0 aliphatic rings. The van der Waals surface area contributed by atoms with Gasteiger partial charge in [0.2, 0.25) is 0 Å². The Bertz CT molecular complexity index is 463. The molecule has 2 aromatic rings. The molecule has 2 N–H and O–H groups in total. The second-order valence-corrected chi connectivity index (χ2v) is 3.35. The van der Waals surface area contributed by atoms with Crippen molar-refractivity contribution in [3.05, 3.63) is 36.4 Å². The molecule has 78 valence electrons. The minimum Gasteiger partial charge on any atom is -0.494 e. The van der Waals surface area contributed by atoms with Crippen molar-refractivity contribution in [1.82, 2.24) is 9.55 Å². The van der Waals surface area contributed by atoms with Gasteiger partial charge < -0.3 is 15.0 Å². The highest BCUT2D eigenvalue weighted by Crippen LogP contribution is 2.27. The first kappa shape index (κ1) is 9.58. The molecular weight excluding hydrogens is 190 g/mol. The van der Waals surface area contributed by atoms with Crippen LogP contribution in [0.5, 0.6) is 5.75 Å². The summed E-state index contributed by atoms with van der Waals surface area (Å²) in [6.45, 7) is 1.97.